The van der Waals surface area contributed by atoms with E-state index in [0.717, 1.165) is 33.2 Å². The maximum Gasteiger partial charge on any atom is 0.276 e. The van der Waals surface area contributed by atoms with E-state index in [9.17, 15) is 9.59 Å². The molecule has 198 valence electrons. The molecule has 0 fully saturated rings. The van der Waals surface area contributed by atoms with Crippen molar-refractivity contribution in [3.05, 3.63) is 141 Å². The maximum absolute atomic E-state index is 14.0. The number of methoxy groups -OCH3 is 1. The van der Waals surface area contributed by atoms with E-state index >= 15 is 0 Å². The number of para-hydroxylation sites is 1. The van der Waals surface area contributed by atoms with Gasteiger partial charge in [0.15, 0.2) is 6.10 Å². The molecule has 0 saturated heterocycles. The second-order valence-corrected chi connectivity index (χ2v) is 10.1. The van der Waals surface area contributed by atoms with Crippen LogP contribution >= 0.6 is 11.6 Å². The van der Waals surface area contributed by atoms with Crippen molar-refractivity contribution >= 4 is 34.1 Å². The number of hydrogen-bond acceptors (Lipinski definition) is 4. The number of ether oxygens (including phenoxy) is 1. The lowest BCUT2D eigenvalue weighted by molar-refractivity contribution is -0.144. The van der Waals surface area contributed by atoms with Crippen LogP contribution in [0.15, 0.2) is 119 Å². The Hall–Kier alpha value is -4.52. The molecule has 7 heteroatoms. The van der Waals surface area contributed by atoms with Gasteiger partial charge in [0.25, 0.3) is 11.5 Å². The second kappa shape index (κ2) is 10.9. The van der Waals surface area contributed by atoms with Gasteiger partial charge >= 0.3 is 0 Å². The summed E-state index contributed by atoms with van der Waals surface area (Å²) in [6, 6.07) is 33.8. The van der Waals surface area contributed by atoms with Gasteiger partial charge in [-0.3, -0.25) is 9.59 Å². The number of carbonyl (C=O) groups is 1. The van der Waals surface area contributed by atoms with Gasteiger partial charge < -0.3 is 9.72 Å². The molecular formula is C33H26ClN3O3. The summed E-state index contributed by atoms with van der Waals surface area (Å²) in [5, 5.41) is 7.81. The van der Waals surface area contributed by atoms with Crippen LogP contribution in [0.3, 0.4) is 0 Å². The standard InChI is InChI=1S/C33H26ClN3O3/c1-40-31(23-12-6-3-7-13-23)33(39)37-28(21-10-4-2-5-11-21)20-27(36-37)30-29(22-16-18-24(34)19-17-22)25-14-8-9-15-26(25)35-32(30)38/h2-19,28,31H,20H2,1H3,(H,35,38)/t28-,31-/m0/s1. The number of aromatic nitrogens is 1. The number of H-pyrrole nitrogens is 1. The summed E-state index contributed by atoms with van der Waals surface area (Å²) in [5.41, 5.74) is 4.66. The van der Waals surface area contributed by atoms with E-state index in [2.05, 4.69) is 4.98 Å². The Balaban J connectivity index is 1.54. The molecule has 1 amide bonds. The zero-order chi connectivity index (χ0) is 27.6. The predicted octanol–water partition coefficient (Wildman–Crippen LogP) is 6.91. The number of benzene rings is 4. The van der Waals surface area contributed by atoms with Crippen LogP contribution in [0.4, 0.5) is 0 Å². The Morgan fingerprint density at radius 1 is 0.900 bits per heavy atom. The van der Waals surface area contributed by atoms with E-state index in [4.69, 9.17) is 21.4 Å². The normalized spacial score (nSPS) is 15.7. The van der Waals surface area contributed by atoms with Gasteiger partial charge in [-0.25, -0.2) is 5.01 Å². The lowest BCUT2D eigenvalue weighted by Gasteiger charge is -2.26. The monoisotopic (exact) mass is 547 g/mol. The van der Waals surface area contributed by atoms with Gasteiger partial charge in [-0.1, -0.05) is 103 Å². The zero-order valence-corrected chi connectivity index (χ0v) is 22.5. The van der Waals surface area contributed by atoms with E-state index in [1.54, 1.807) is 12.1 Å². The molecule has 2 heterocycles. The van der Waals surface area contributed by atoms with Gasteiger partial charge in [0.2, 0.25) is 0 Å². The summed E-state index contributed by atoms with van der Waals surface area (Å²) in [4.78, 5) is 30.8. The number of fused-ring (bicyclic) bond motifs is 1. The molecule has 0 bridgehead atoms. The van der Waals surface area contributed by atoms with Crippen molar-refractivity contribution in [1.82, 2.24) is 9.99 Å². The van der Waals surface area contributed by atoms with Crippen LogP contribution in [0, 0.1) is 0 Å². The fourth-order valence-corrected chi connectivity index (χ4v) is 5.49. The van der Waals surface area contributed by atoms with Crippen LogP contribution in [-0.2, 0) is 9.53 Å². The van der Waals surface area contributed by atoms with E-state index in [-0.39, 0.29) is 11.5 Å². The number of carbonyl (C=O) groups excluding carboxylic acids is 1. The molecule has 0 radical (unpaired) electrons. The van der Waals surface area contributed by atoms with Crippen molar-refractivity contribution in [2.45, 2.75) is 18.6 Å². The number of hydrazone groups is 1. The van der Waals surface area contributed by atoms with Gasteiger partial charge in [-0.2, -0.15) is 5.10 Å². The lowest BCUT2D eigenvalue weighted by atomic mass is 9.91. The molecule has 0 spiro atoms. The van der Waals surface area contributed by atoms with E-state index in [1.165, 1.54) is 12.1 Å². The SMILES string of the molecule is CO[C@H](C(=O)N1N=C(c2c(-c3ccc(Cl)cc3)c3ccccc3[nH]c2=O)C[C@H]1c1ccccc1)c1ccccc1. The molecule has 0 saturated carbocycles. The van der Waals surface area contributed by atoms with Crippen molar-refractivity contribution in [3.8, 4) is 11.1 Å². The predicted molar refractivity (Wildman–Crippen MR) is 158 cm³/mol. The number of hydrogen-bond donors (Lipinski definition) is 1. The number of amides is 1. The molecule has 2 atom stereocenters. The summed E-state index contributed by atoms with van der Waals surface area (Å²) >= 11 is 6.20. The summed E-state index contributed by atoms with van der Waals surface area (Å²) in [6.07, 6.45) is -0.482. The van der Waals surface area contributed by atoms with Gasteiger partial charge in [0, 0.05) is 35.0 Å². The Kier molecular flexibility index (Phi) is 7.03. The molecule has 1 aliphatic heterocycles. The van der Waals surface area contributed by atoms with Crippen molar-refractivity contribution in [2.75, 3.05) is 7.11 Å². The number of aromatic amines is 1. The van der Waals surface area contributed by atoms with Crippen molar-refractivity contribution < 1.29 is 9.53 Å². The minimum Gasteiger partial charge on any atom is -0.367 e. The van der Waals surface area contributed by atoms with Crippen LogP contribution in [-0.4, -0.2) is 28.7 Å². The number of nitrogens with zero attached hydrogens (tertiary/aromatic N) is 2. The highest BCUT2D eigenvalue weighted by Gasteiger charge is 2.38. The third-order valence-electron chi connectivity index (χ3n) is 7.23. The van der Waals surface area contributed by atoms with E-state index in [0.29, 0.717) is 22.7 Å². The third kappa shape index (κ3) is 4.72. The number of rotatable bonds is 6. The number of halogens is 1. The molecule has 0 unspecified atom stereocenters. The summed E-state index contributed by atoms with van der Waals surface area (Å²) in [7, 11) is 1.51. The molecule has 1 aromatic heterocycles. The highest BCUT2D eigenvalue weighted by molar-refractivity contribution is 6.30. The van der Waals surface area contributed by atoms with Crippen molar-refractivity contribution in [3.63, 3.8) is 0 Å². The maximum atomic E-state index is 14.0. The minimum absolute atomic E-state index is 0.269. The highest BCUT2D eigenvalue weighted by Crippen LogP contribution is 2.38. The van der Waals surface area contributed by atoms with Crippen LogP contribution in [0.25, 0.3) is 22.0 Å². The summed E-state index contributed by atoms with van der Waals surface area (Å²) < 4.78 is 5.68. The third-order valence-corrected chi connectivity index (χ3v) is 7.48. The van der Waals surface area contributed by atoms with Gasteiger partial charge in [-0.15, -0.1) is 0 Å². The molecule has 40 heavy (non-hydrogen) atoms. The smallest absolute Gasteiger partial charge is 0.276 e. The topological polar surface area (TPSA) is 74.8 Å². The van der Waals surface area contributed by atoms with Gasteiger partial charge in [-0.05, 0) is 34.9 Å². The zero-order valence-electron chi connectivity index (χ0n) is 21.8. The molecule has 4 aromatic carbocycles. The molecule has 6 nitrogen and oxygen atoms in total. The average molecular weight is 548 g/mol. The first-order valence-corrected chi connectivity index (χ1v) is 13.4. The Bertz CT molecular complexity index is 1770. The van der Waals surface area contributed by atoms with Gasteiger partial charge in [0.1, 0.15) is 0 Å². The molecule has 1 aliphatic rings. The van der Waals surface area contributed by atoms with Crippen LogP contribution in [0.5, 0.6) is 0 Å². The largest absolute Gasteiger partial charge is 0.367 e. The fourth-order valence-electron chi connectivity index (χ4n) is 5.36. The van der Waals surface area contributed by atoms with Crippen molar-refractivity contribution in [1.29, 1.82) is 0 Å². The quantitative estimate of drug-likeness (QED) is 0.251. The average Bonchev–Trinajstić information content (AvgIpc) is 3.43. The molecule has 6 rings (SSSR count). The fraction of sp³-hybridized carbons (Fsp3) is 0.121. The number of pyridine rings is 1. The van der Waals surface area contributed by atoms with Crippen molar-refractivity contribution in [2.24, 2.45) is 5.10 Å². The Morgan fingerprint density at radius 2 is 1.55 bits per heavy atom. The van der Waals surface area contributed by atoms with Crippen LogP contribution in [0.1, 0.15) is 35.3 Å². The summed E-state index contributed by atoms with van der Waals surface area (Å²) in [6.45, 7) is 0. The Morgan fingerprint density at radius 3 is 2.25 bits per heavy atom. The number of nitrogens with one attached hydrogen (secondary N) is 1. The lowest BCUT2D eigenvalue weighted by Crippen LogP contribution is -2.32. The molecule has 1 N–H and O–H groups in total. The second-order valence-electron chi connectivity index (χ2n) is 9.64. The first kappa shape index (κ1) is 25.7. The Labute approximate surface area is 236 Å². The minimum atomic E-state index is -0.846. The van der Waals surface area contributed by atoms with E-state index < -0.39 is 12.1 Å². The summed E-state index contributed by atoms with van der Waals surface area (Å²) in [5.74, 6) is -0.303. The molecule has 0 aliphatic carbocycles. The van der Waals surface area contributed by atoms with Crippen LogP contribution < -0.4 is 5.56 Å². The molecular weight excluding hydrogens is 522 g/mol. The first-order chi connectivity index (χ1) is 19.5. The first-order valence-electron chi connectivity index (χ1n) is 13.0. The van der Waals surface area contributed by atoms with E-state index in [1.807, 2.05) is 97.1 Å². The van der Waals surface area contributed by atoms with Gasteiger partial charge in [0.05, 0.1) is 17.3 Å². The highest BCUT2D eigenvalue weighted by atomic mass is 35.5. The molecule has 5 aromatic rings. The van der Waals surface area contributed by atoms with Crippen LogP contribution in [0.2, 0.25) is 5.02 Å².